The largest absolute Gasteiger partial charge is 0.351 e. The number of anilines is 1. The number of aromatic nitrogens is 6. The zero-order chi connectivity index (χ0) is 21.8. The Kier molecular flexibility index (Phi) is 4.48. The van der Waals surface area contributed by atoms with Gasteiger partial charge in [0.2, 0.25) is 0 Å². The number of likely N-dealkylation sites (N-methyl/N-ethyl adjacent to an activating group) is 1. The highest BCUT2D eigenvalue weighted by atomic mass is 16.2. The summed E-state index contributed by atoms with van der Waals surface area (Å²) in [6, 6.07) is 3.68. The highest BCUT2D eigenvalue weighted by Gasteiger charge is 2.35. The van der Waals surface area contributed by atoms with Crippen LogP contribution in [0.25, 0.3) is 5.65 Å². The number of nitrogens with zero attached hydrogens (tertiary/aromatic N) is 7. The molecule has 11 heteroatoms. The van der Waals surface area contributed by atoms with Gasteiger partial charge in [0.05, 0.1) is 6.04 Å². The standard InChI is InChI=1S/C19H24N8O3/c1-19(2,3)17-22-21-13-6-7-14(23-27(13)17)26-9-11(10-26)24(4)15(28)12-8-20-18(30)25(5)16(12)29/h6-8,11H,9-10H2,1-5H3,(H,20,30). The maximum Gasteiger partial charge on any atom is 0.328 e. The summed E-state index contributed by atoms with van der Waals surface area (Å²) in [6.45, 7) is 7.33. The van der Waals surface area contributed by atoms with Crippen LogP contribution in [0.15, 0.2) is 27.9 Å². The molecular weight excluding hydrogens is 388 g/mol. The second kappa shape index (κ2) is 6.78. The fraction of sp³-hybridized carbons (Fsp3) is 0.474. The van der Waals surface area contributed by atoms with Crippen LogP contribution in [0.5, 0.6) is 0 Å². The van der Waals surface area contributed by atoms with Crippen LogP contribution in [-0.2, 0) is 12.5 Å². The summed E-state index contributed by atoms with van der Waals surface area (Å²) in [5.74, 6) is 1.12. The van der Waals surface area contributed by atoms with E-state index in [-0.39, 0.29) is 17.0 Å². The van der Waals surface area contributed by atoms with Crippen LogP contribution in [0.1, 0.15) is 37.0 Å². The van der Waals surface area contributed by atoms with Gasteiger partial charge in [0.1, 0.15) is 11.4 Å². The fourth-order valence-electron chi connectivity index (χ4n) is 3.38. The summed E-state index contributed by atoms with van der Waals surface area (Å²) in [4.78, 5) is 42.5. The molecule has 0 aliphatic carbocycles. The van der Waals surface area contributed by atoms with Gasteiger partial charge in [-0.3, -0.25) is 14.2 Å². The Bertz CT molecular complexity index is 1240. The molecule has 1 aliphatic rings. The van der Waals surface area contributed by atoms with Crippen LogP contribution in [0, 0.1) is 0 Å². The third kappa shape index (κ3) is 3.15. The van der Waals surface area contributed by atoms with Crippen LogP contribution in [-0.4, -0.2) is 66.3 Å². The molecule has 0 bridgehead atoms. The molecule has 4 heterocycles. The number of carbonyl (C=O) groups is 1. The van der Waals surface area contributed by atoms with Crippen molar-refractivity contribution in [1.29, 1.82) is 0 Å². The molecule has 158 valence electrons. The van der Waals surface area contributed by atoms with E-state index < -0.39 is 17.2 Å². The van der Waals surface area contributed by atoms with Crippen LogP contribution >= 0.6 is 0 Å². The van der Waals surface area contributed by atoms with Crippen molar-refractivity contribution in [2.24, 2.45) is 7.05 Å². The van der Waals surface area contributed by atoms with Crippen molar-refractivity contribution in [2.45, 2.75) is 32.2 Å². The number of hydrogen-bond acceptors (Lipinski definition) is 7. The molecule has 0 aromatic carbocycles. The molecule has 0 atom stereocenters. The van der Waals surface area contributed by atoms with Crippen LogP contribution < -0.4 is 16.1 Å². The van der Waals surface area contributed by atoms with E-state index in [2.05, 4.69) is 41.1 Å². The fourth-order valence-corrected chi connectivity index (χ4v) is 3.38. The first kappa shape index (κ1) is 19.8. The number of hydrogen-bond donors (Lipinski definition) is 1. The smallest absolute Gasteiger partial charge is 0.328 e. The number of nitrogens with one attached hydrogen (secondary N) is 1. The van der Waals surface area contributed by atoms with Gasteiger partial charge in [-0.1, -0.05) is 20.8 Å². The predicted octanol–water partition coefficient (Wildman–Crippen LogP) is -0.230. The van der Waals surface area contributed by atoms with E-state index in [0.29, 0.717) is 18.7 Å². The van der Waals surface area contributed by atoms with E-state index in [1.54, 1.807) is 11.6 Å². The van der Waals surface area contributed by atoms with Crippen LogP contribution in [0.2, 0.25) is 0 Å². The Labute approximate surface area is 171 Å². The third-order valence-corrected chi connectivity index (χ3v) is 5.38. The summed E-state index contributed by atoms with van der Waals surface area (Å²) in [7, 11) is 2.99. The van der Waals surface area contributed by atoms with Gasteiger partial charge in [-0.05, 0) is 12.1 Å². The normalized spacial score (nSPS) is 14.8. The van der Waals surface area contributed by atoms with Gasteiger partial charge >= 0.3 is 5.69 Å². The third-order valence-electron chi connectivity index (χ3n) is 5.38. The molecule has 1 saturated heterocycles. The zero-order valence-corrected chi connectivity index (χ0v) is 17.6. The minimum Gasteiger partial charge on any atom is -0.351 e. The highest BCUT2D eigenvalue weighted by molar-refractivity contribution is 5.93. The molecule has 3 aromatic rings. The first-order chi connectivity index (χ1) is 14.1. The summed E-state index contributed by atoms with van der Waals surface area (Å²) < 4.78 is 2.64. The Morgan fingerprint density at radius 3 is 2.57 bits per heavy atom. The van der Waals surface area contributed by atoms with Crippen LogP contribution in [0.4, 0.5) is 5.82 Å². The molecular formula is C19H24N8O3. The van der Waals surface area contributed by atoms with E-state index in [1.165, 1.54) is 18.1 Å². The maximum absolute atomic E-state index is 12.7. The number of aromatic amines is 1. The van der Waals surface area contributed by atoms with Gasteiger partial charge in [-0.2, -0.15) is 4.52 Å². The van der Waals surface area contributed by atoms with E-state index in [4.69, 9.17) is 0 Å². The van der Waals surface area contributed by atoms with E-state index in [1.807, 2.05) is 17.0 Å². The molecule has 0 spiro atoms. The molecule has 1 fully saturated rings. The monoisotopic (exact) mass is 412 g/mol. The highest BCUT2D eigenvalue weighted by Crippen LogP contribution is 2.25. The van der Waals surface area contributed by atoms with E-state index in [9.17, 15) is 14.4 Å². The van der Waals surface area contributed by atoms with E-state index in [0.717, 1.165) is 16.2 Å². The Hall–Kier alpha value is -3.50. The minimum atomic E-state index is -0.610. The lowest BCUT2D eigenvalue weighted by atomic mass is 9.96. The molecule has 11 nitrogen and oxygen atoms in total. The lowest BCUT2D eigenvalue weighted by Crippen LogP contribution is -2.60. The van der Waals surface area contributed by atoms with Crippen molar-refractivity contribution >= 4 is 17.4 Å². The van der Waals surface area contributed by atoms with Gasteiger partial charge in [0.15, 0.2) is 11.5 Å². The molecule has 30 heavy (non-hydrogen) atoms. The van der Waals surface area contributed by atoms with Crippen molar-refractivity contribution in [3.05, 3.63) is 50.6 Å². The van der Waals surface area contributed by atoms with Gasteiger partial charge in [0.25, 0.3) is 11.5 Å². The van der Waals surface area contributed by atoms with E-state index >= 15 is 0 Å². The quantitative estimate of drug-likeness (QED) is 0.631. The molecule has 0 unspecified atom stereocenters. The lowest BCUT2D eigenvalue weighted by Gasteiger charge is -2.44. The summed E-state index contributed by atoms with van der Waals surface area (Å²) in [5.41, 5.74) is -0.739. The molecule has 1 amide bonds. The number of fused-ring (bicyclic) bond motifs is 1. The Morgan fingerprint density at radius 2 is 1.90 bits per heavy atom. The average Bonchev–Trinajstić information content (AvgIpc) is 3.08. The Morgan fingerprint density at radius 1 is 1.20 bits per heavy atom. The lowest BCUT2D eigenvalue weighted by molar-refractivity contribution is 0.0702. The van der Waals surface area contributed by atoms with Crippen molar-refractivity contribution in [1.82, 2.24) is 34.3 Å². The average molecular weight is 412 g/mol. The molecule has 1 aliphatic heterocycles. The number of carbonyl (C=O) groups excluding carboxylic acids is 1. The summed E-state index contributed by atoms with van der Waals surface area (Å²) in [6.07, 6.45) is 1.18. The van der Waals surface area contributed by atoms with Gasteiger partial charge in [-0.15, -0.1) is 15.3 Å². The molecule has 1 N–H and O–H groups in total. The minimum absolute atomic E-state index is 0.0584. The first-order valence-corrected chi connectivity index (χ1v) is 9.61. The number of H-pyrrole nitrogens is 1. The molecule has 0 saturated carbocycles. The number of amides is 1. The first-order valence-electron chi connectivity index (χ1n) is 9.61. The van der Waals surface area contributed by atoms with Gasteiger partial charge in [-0.25, -0.2) is 4.79 Å². The Balaban J connectivity index is 1.51. The van der Waals surface area contributed by atoms with Crippen molar-refractivity contribution in [3.63, 3.8) is 0 Å². The molecule has 3 aromatic heterocycles. The summed E-state index contributed by atoms with van der Waals surface area (Å²) in [5, 5.41) is 13.1. The van der Waals surface area contributed by atoms with Gasteiger partial charge in [0, 0.05) is 38.8 Å². The molecule has 4 rings (SSSR count). The summed E-state index contributed by atoms with van der Waals surface area (Å²) >= 11 is 0. The van der Waals surface area contributed by atoms with Crippen molar-refractivity contribution < 1.29 is 4.79 Å². The second-order valence-corrected chi connectivity index (χ2v) is 8.58. The van der Waals surface area contributed by atoms with Crippen molar-refractivity contribution in [3.8, 4) is 0 Å². The second-order valence-electron chi connectivity index (χ2n) is 8.58. The van der Waals surface area contributed by atoms with Crippen molar-refractivity contribution in [2.75, 3.05) is 25.0 Å². The van der Waals surface area contributed by atoms with Crippen LogP contribution in [0.3, 0.4) is 0 Å². The molecule has 0 radical (unpaired) electrons. The SMILES string of the molecule is CN(C(=O)c1c[nH]c(=O)n(C)c1=O)C1CN(c2ccc3nnc(C(C)(C)C)n3n2)C1. The maximum atomic E-state index is 12.7. The topological polar surface area (TPSA) is 121 Å². The predicted molar refractivity (Wildman–Crippen MR) is 110 cm³/mol. The number of rotatable bonds is 3. The zero-order valence-electron chi connectivity index (χ0n) is 17.6. The van der Waals surface area contributed by atoms with Gasteiger partial charge < -0.3 is 14.8 Å².